The van der Waals surface area contributed by atoms with Crippen LogP contribution in [0.25, 0.3) is 11.0 Å². The normalized spacial score (nSPS) is 10.2. The molecule has 0 spiro atoms. The SMILES string of the molecule is N#Cc1ccc(NC(=O)Cc2noc3ccccc23)cc1. The second-order valence-electron chi connectivity index (χ2n) is 4.54. The Hall–Kier alpha value is -3.13. The van der Waals surface area contributed by atoms with Crippen LogP contribution >= 0.6 is 0 Å². The van der Waals surface area contributed by atoms with Crippen molar-refractivity contribution >= 4 is 22.6 Å². The van der Waals surface area contributed by atoms with Gasteiger partial charge in [0.25, 0.3) is 0 Å². The number of nitrogens with one attached hydrogen (secondary N) is 1. The molecular formula is C16H11N3O2. The number of aromatic nitrogens is 1. The van der Waals surface area contributed by atoms with Gasteiger partial charge < -0.3 is 9.84 Å². The first-order valence-corrected chi connectivity index (χ1v) is 6.39. The summed E-state index contributed by atoms with van der Waals surface area (Å²) in [7, 11) is 0. The second kappa shape index (κ2) is 5.47. The van der Waals surface area contributed by atoms with Crippen LogP contribution in [0.15, 0.2) is 53.1 Å². The Morgan fingerprint density at radius 2 is 1.95 bits per heavy atom. The quantitative estimate of drug-likeness (QED) is 0.798. The summed E-state index contributed by atoms with van der Waals surface area (Å²) in [4.78, 5) is 12.0. The van der Waals surface area contributed by atoms with E-state index in [0.29, 0.717) is 22.5 Å². The number of anilines is 1. The zero-order valence-electron chi connectivity index (χ0n) is 11.0. The van der Waals surface area contributed by atoms with Crippen LogP contribution in [0.2, 0.25) is 0 Å². The van der Waals surface area contributed by atoms with E-state index in [4.69, 9.17) is 9.78 Å². The molecule has 1 amide bonds. The molecule has 3 rings (SSSR count). The minimum absolute atomic E-state index is 0.136. The molecular weight excluding hydrogens is 266 g/mol. The van der Waals surface area contributed by atoms with Crippen molar-refractivity contribution in [2.24, 2.45) is 0 Å². The summed E-state index contributed by atoms with van der Waals surface area (Å²) in [5, 5.41) is 16.3. The maximum atomic E-state index is 12.0. The maximum Gasteiger partial charge on any atom is 0.230 e. The summed E-state index contributed by atoms with van der Waals surface area (Å²) < 4.78 is 5.16. The summed E-state index contributed by atoms with van der Waals surface area (Å²) in [5.41, 5.74) is 2.47. The van der Waals surface area contributed by atoms with Gasteiger partial charge in [-0.3, -0.25) is 4.79 Å². The van der Waals surface area contributed by atoms with Gasteiger partial charge in [-0.15, -0.1) is 0 Å². The highest BCUT2D eigenvalue weighted by atomic mass is 16.5. The molecule has 1 aromatic heterocycles. The van der Waals surface area contributed by atoms with E-state index in [2.05, 4.69) is 10.5 Å². The molecule has 0 saturated carbocycles. The number of hydrogen-bond donors (Lipinski definition) is 1. The van der Waals surface area contributed by atoms with Gasteiger partial charge in [-0.1, -0.05) is 17.3 Å². The average molecular weight is 277 g/mol. The van der Waals surface area contributed by atoms with E-state index in [1.165, 1.54) is 0 Å². The first kappa shape index (κ1) is 12.9. The highest BCUT2D eigenvalue weighted by Gasteiger charge is 2.12. The van der Waals surface area contributed by atoms with Crippen molar-refractivity contribution in [2.75, 3.05) is 5.32 Å². The Balaban J connectivity index is 1.73. The van der Waals surface area contributed by atoms with Crippen LogP contribution in [0.1, 0.15) is 11.3 Å². The van der Waals surface area contributed by atoms with Crippen molar-refractivity contribution in [3.05, 3.63) is 59.8 Å². The molecule has 1 heterocycles. The van der Waals surface area contributed by atoms with Crippen LogP contribution in [-0.4, -0.2) is 11.1 Å². The molecule has 2 aromatic carbocycles. The smallest absolute Gasteiger partial charge is 0.230 e. The van der Waals surface area contributed by atoms with Gasteiger partial charge in [-0.25, -0.2) is 0 Å². The van der Waals surface area contributed by atoms with Crippen LogP contribution in [0.3, 0.4) is 0 Å². The van der Waals surface area contributed by atoms with E-state index >= 15 is 0 Å². The monoisotopic (exact) mass is 277 g/mol. The van der Waals surface area contributed by atoms with Gasteiger partial charge in [0.2, 0.25) is 5.91 Å². The molecule has 3 aromatic rings. The molecule has 102 valence electrons. The zero-order valence-corrected chi connectivity index (χ0v) is 11.0. The third-order valence-electron chi connectivity index (χ3n) is 3.08. The molecule has 0 saturated heterocycles. The Morgan fingerprint density at radius 3 is 2.71 bits per heavy atom. The summed E-state index contributed by atoms with van der Waals surface area (Å²) in [6.07, 6.45) is 0.136. The molecule has 0 fully saturated rings. The van der Waals surface area contributed by atoms with Crippen LogP contribution in [0, 0.1) is 11.3 Å². The predicted octanol–water partition coefficient (Wildman–Crippen LogP) is 2.88. The van der Waals surface area contributed by atoms with E-state index < -0.39 is 0 Å². The molecule has 5 nitrogen and oxygen atoms in total. The summed E-state index contributed by atoms with van der Waals surface area (Å²) in [6, 6.07) is 16.1. The lowest BCUT2D eigenvalue weighted by molar-refractivity contribution is -0.115. The summed E-state index contributed by atoms with van der Waals surface area (Å²) in [5.74, 6) is -0.182. The molecule has 0 unspecified atom stereocenters. The Kier molecular flexibility index (Phi) is 3.36. The number of fused-ring (bicyclic) bond motifs is 1. The maximum absolute atomic E-state index is 12.0. The highest BCUT2D eigenvalue weighted by Crippen LogP contribution is 2.18. The Bertz CT molecular complexity index is 829. The number of para-hydroxylation sites is 1. The molecule has 0 aliphatic heterocycles. The van der Waals surface area contributed by atoms with Gasteiger partial charge in [0.1, 0.15) is 5.69 Å². The molecule has 0 bridgehead atoms. The summed E-state index contributed by atoms with van der Waals surface area (Å²) in [6.45, 7) is 0. The van der Waals surface area contributed by atoms with Gasteiger partial charge in [0.05, 0.1) is 18.1 Å². The van der Waals surface area contributed by atoms with Crippen LogP contribution in [-0.2, 0) is 11.2 Å². The molecule has 5 heteroatoms. The minimum Gasteiger partial charge on any atom is -0.356 e. The largest absolute Gasteiger partial charge is 0.356 e. The van der Waals surface area contributed by atoms with E-state index in [1.807, 2.05) is 30.3 Å². The molecule has 0 radical (unpaired) electrons. The van der Waals surface area contributed by atoms with Crippen LogP contribution in [0.5, 0.6) is 0 Å². The molecule has 1 N–H and O–H groups in total. The molecule has 21 heavy (non-hydrogen) atoms. The number of benzene rings is 2. The van der Waals surface area contributed by atoms with Gasteiger partial charge in [-0.05, 0) is 36.4 Å². The topological polar surface area (TPSA) is 78.9 Å². The number of nitrogens with zero attached hydrogens (tertiary/aromatic N) is 2. The number of hydrogen-bond acceptors (Lipinski definition) is 4. The van der Waals surface area contributed by atoms with Gasteiger partial charge in [0.15, 0.2) is 5.58 Å². The van der Waals surface area contributed by atoms with E-state index in [1.54, 1.807) is 24.3 Å². The van der Waals surface area contributed by atoms with Crippen LogP contribution in [0.4, 0.5) is 5.69 Å². The number of carbonyl (C=O) groups excluding carboxylic acids is 1. The predicted molar refractivity (Wildman–Crippen MR) is 77.5 cm³/mol. The van der Waals surface area contributed by atoms with Gasteiger partial charge in [-0.2, -0.15) is 5.26 Å². The standard InChI is InChI=1S/C16H11N3O2/c17-10-11-5-7-12(8-6-11)18-16(20)9-14-13-3-1-2-4-15(13)21-19-14/h1-8H,9H2,(H,18,20). The van der Waals surface area contributed by atoms with E-state index in [-0.39, 0.29) is 12.3 Å². The highest BCUT2D eigenvalue weighted by molar-refractivity contribution is 5.94. The van der Waals surface area contributed by atoms with Gasteiger partial charge >= 0.3 is 0 Å². The second-order valence-corrected chi connectivity index (χ2v) is 4.54. The van der Waals surface area contributed by atoms with Crippen molar-refractivity contribution in [2.45, 2.75) is 6.42 Å². The third-order valence-corrected chi connectivity index (χ3v) is 3.08. The number of amides is 1. The van der Waals surface area contributed by atoms with Gasteiger partial charge in [0, 0.05) is 11.1 Å². The lowest BCUT2D eigenvalue weighted by Crippen LogP contribution is -2.14. The van der Waals surface area contributed by atoms with Crippen molar-refractivity contribution in [3.8, 4) is 6.07 Å². The zero-order chi connectivity index (χ0) is 14.7. The molecule has 0 aliphatic carbocycles. The lowest BCUT2D eigenvalue weighted by atomic mass is 10.1. The minimum atomic E-state index is -0.182. The Morgan fingerprint density at radius 1 is 1.19 bits per heavy atom. The molecule has 0 aliphatic rings. The Labute approximate surface area is 120 Å². The molecule has 0 atom stereocenters. The lowest BCUT2D eigenvalue weighted by Gasteiger charge is -2.03. The first-order valence-electron chi connectivity index (χ1n) is 6.39. The van der Waals surface area contributed by atoms with Crippen molar-refractivity contribution in [1.29, 1.82) is 5.26 Å². The van der Waals surface area contributed by atoms with Crippen molar-refractivity contribution in [3.63, 3.8) is 0 Å². The first-order chi connectivity index (χ1) is 10.3. The van der Waals surface area contributed by atoms with E-state index in [9.17, 15) is 4.79 Å². The summed E-state index contributed by atoms with van der Waals surface area (Å²) >= 11 is 0. The van der Waals surface area contributed by atoms with Crippen LogP contribution < -0.4 is 5.32 Å². The third kappa shape index (κ3) is 2.74. The fraction of sp³-hybridized carbons (Fsp3) is 0.0625. The average Bonchev–Trinajstić information content (AvgIpc) is 2.91. The number of nitriles is 1. The van der Waals surface area contributed by atoms with Crippen molar-refractivity contribution < 1.29 is 9.32 Å². The number of carbonyl (C=O) groups is 1. The van der Waals surface area contributed by atoms with Crippen molar-refractivity contribution in [1.82, 2.24) is 5.16 Å². The fourth-order valence-electron chi connectivity index (χ4n) is 2.05. The number of rotatable bonds is 3. The fourth-order valence-corrected chi connectivity index (χ4v) is 2.05. The van der Waals surface area contributed by atoms with E-state index in [0.717, 1.165) is 5.39 Å².